The monoisotopic (exact) mass is 144 g/mol. The molecular weight excluding hydrogens is 135 g/mol. The first-order valence-corrected chi connectivity index (χ1v) is 2.75. The van der Waals surface area contributed by atoms with E-state index in [-0.39, 0.29) is 5.84 Å². The highest BCUT2D eigenvalue weighted by atomic mass is 19.1. The number of aliphatic imine (C=N–C) groups is 1. The van der Waals surface area contributed by atoms with Crippen molar-refractivity contribution in [3.8, 4) is 0 Å². The van der Waals surface area contributed by atoms with Crippen LogP contribution in [-0.2, 0) is 4.79 Å². The maximum atomic E-state index is 12.3. The van der Waals surface area contributed by atoms with Crippen LogP contribution in [0.1, 0.15) is 13.8 Å². The second-order valence-electron chi connectivity index (χ2n) is 1.65. The lowest BCUT2D eigenvalue weighted by Crippen LogP contribution is -2.13. The van der Waals surface area contributed by atoms with Gasteiger partial charge >= 0.3 is 0 Å². The zero-order valence-corrected chi connectivity index (χ0v) is 5.89. The van der Waals surface area contributed by atoms with Crippen LogP contribution in [0.3, 0.4) is 0 Å². The van der Waals surface area contributed by atoms with Crippen LogP contribution in [0.15, 0.2) is 16.9 Å². The third-order valence-electron chi connectivity index (χ3n) is 0.776. The Bertz CT molecular complexity index is 196. The predicted molar refractivity (Wildman–Crippen MR) is 37.2 cm³/mol. The summed E-state index contributed by atoms with van der Waals surface area (Å²) >= 11 is 0. The summed E-state index contributed by atoms with van der Waals surface area (Å²) in [4.78, 5) is 13.4. The Labute approximate surface area is 58.4 Å². The fraction of sp³-hybridized carbons (Fsp3) is 0.333. The smallest absolute Gasteiger partial charge is 0.244 e. The van der Waals surface area contributed by atoms with Gasteiger partial charge in [-0.15, -0.1) is 0 Å². The first-order chi connectivity index (χ1) is 4.57. The number of halogens is 1. The van der Waals surface area contributed by atoms with E-state index in [1.165, 1.54) is 13.8 Å². The van der Waals surface area contributed by atoms with Crippen LogP contribution in [0.5, 0.6) is 0 Å². The molecular formula is C6H9FN2O. The number of carbonyl (C=O) groups is 1. The molecule has 3 nitrogen and oxygen atoms in total. The van der Waals surface area contributed by atoms with Crippen molar-refractivity contribution in [2.24, 2.45) is 10.7 Å². The van der Waals surface area contributed by atoms with Crippen molar-refractivity contribution in [2.45, 2.75) is 13.8 Å². The average Bonchev–Trinajstić information content (AvgIpc) is 1.85. The molecule has 2 N–H and O–H groups in total. The van der Waals surface area contributed by atoms with Gasteiger partial charge in [-0.05, 0) is 13.0 Å². The normalized spacial score (nSPS) is 13.5. The summed E-state index contributed by atoms with van der Waals surface area (Å²) in [6, 6.07) is 0. The molecule has 0 aromatic carbocycles. The number of nitrogens with two attached hydrogens (primary N) is 1. The Balaban J connectivity index is 4.35. The second-order valence-corrected chi connectivity index (χ2v) is 1.65. The van der Waals surface area contributed by atoms with E-state index in [2.05, 4.69) is 4.99 Å². The quantitative estimate of drug-likeness (QED) is 0.436. The van der Waals surface area contributed by atoms with Gasteiger partial charge < -0.3 is 5.73 Å². The average molecular weight is 144 g/mol. The second kappa shape index (κ2) is 3.76. The van der Waals surface area contributed by atoms with Crippen molar-refractivity contribution in [2.75, 3.05) is 0 Å². The molecule has 0 aliphatic heterocycles. The van der Waals surface area contributed by atoms with Crippen molar-refractivity contribution < 1.29 is 9.18 Å². The number of carbonyl (C=O) groups excluding carboxylic acids is 1. The van der Waals surface area contributed by atoms with E-state index >= 15 is 0 Å². The maximum Gasteiger partial charge on any atom is 0.244 e. The molecule has 0 atom stereocenters. The largest absolute Gasteiger partial charge is 0.381 e. The van der Waals surface area contributed by atoms with E-state index in [0.29, 0.717) is 0 Å². The minimum atomic E-state index is -0.671. The van der Waals surface area contributed by atoms with Crippen LogP contribution in [0.25, 0.3) is 0 Å². The summed E-state index contributed by atoms with van der Waals surface area (Å²) in [7, 11) is 0. The fourth-order valence-electron chi connectivity index (χ4n) is 0.371. The van der Waals surface area contributed by atoms with Gasteiger partial charge in [0.1, 0.15) is 0 Å². The lowest BCUT2D eigenvalue weighted by molar-refractivity contribution is -0.115. The Morgan fingerprint density at radius 3 is 2.50 bits per heavy atom. The van der Waals surface area contributed by atoms with Crippen molar-refractivity contribution in [1.29, 1.82) is 0 Å². The van der Waals surface area contributed by atoms with Crippen LogP contribution >= 0.6 is 0 Å². The predicted octanol–water partition coefficient (Wildman–Crippen LogP) is 0.763. The first-order valence-electron chi connectivity index (χ1n) is 2.75. The van der Waals surface area contributed by atoms with Gasteiger partial charge in [0.15, 0.2) is 11.7 Å². The molecule has 0 aromatic rings. The molecule has 0 saturated heterocycles. The molecule has 0 spiro atoms. The molecule has 0 heterocycles. The molecule has 0 bridgehead atoms. The number of hydrogen-bond acceptors (Lipinski definition) is 1. The van der Waals surface area contributed by atoms with Crippen LogP contribution in [0.2, 0.25) is 0 Å². The van der Waals surface area contributed by atoms with E-state index in [4.69, 9.17) is 5.73 Å². The number of allylic oxidation sites excluding steroid dienone is 1. The molecule has 4 heteroatoms. The molecule has 56 valence electrons. The van der Waals surface area contributed by atoms with E-state index in [0.717, 1.165) is 6.08 Å². The fourth-order valence-corrected chi connectivity index (χ4v) is 0.371. The van der Waals surface area contributed by atoms with Crippen LogP contribution in [0.4, 0.5) is 4.39 Å². The minimum absolute atomic E-state index is 0.366. The molecule has 0 rings (SSSR count). The maximum absolute atomic E-state index is 12.3. The number of hydrogen-bond donors (Lipinski definition) is 1. The minimum Gasteiger partial charge on any atom is -0.381 e. The highest BCUT2D eigenvalue weighted by molar-refractivity contribution is 6.01. The Kier molecular flexibility index (Phi) is 3.32. The number of amidine groups is 1. The number of nitrogens with zero attached hydrogens (tertiary/aromatic N) is 1. The van der Waals surface area contributed by atoms with Crippen molar-refractivity contribution in [3.63, 3.8) is 0 Å². The van der Waals surface area contributed by atoms with Gasteiger partial charge in [0, 0.05) is 6.92 Å². The number of rotatable bonds is 1. The van der Waals surface area contributed by atoms with Crippen molar-refractivity contribution in [1.82, 2.24) is 0 Å². The van der Waals surface area contributed by atoms with E-state index in [1.54, 1.807) is 0 Å². The number of amides is 1. The van der Waals surface area contributed by atoms with Gasteiger partial charge in [-0.2, -0.15) is 4.99 Å². The summed E-state index contributed by atoms with van der Waals surface area (Å²) in [5.74, 6) is -1.54. The van der Waals surface area contributed by atoms with Crippen molar-refractivity contribution in [3.05, 3.63) is 11.9 Å². The van der Waals surface area contributed by atoms with Crippen LogP contribution in [-0.4, -0.2) is 11.7 Å². The lowest BCUT2D eigenvalue weighted by atomic mass is 10.4. The van der Waals surface area contributed by atoms with Gasteiger partial charge in [-0.25, -0.2) is 4.39 Å². The Hall–Kier alpha value is -1.19. The molecule has 0 unspecified atom stereocenters. The third kappa shape index (κ3) is 2.96. The molecule has 0 aliphatic rings. The van der Waals surface area contributed by atoms with Gasteiger partial charge in [0.2, 0.25) is 5.91 Å². The van der Waals surface area contributed by atoms with Crippen LogP contribution in [0, 0.1) is 0 Å². The van der Waals surface area contributed by atoms with Crippen LogP contribution < -0.4 is 5.73 Å². The molecule has 0 saturated carbocycles. The van der Waals surface area contributed by atoms with Gasteiger partial charge in [0.05, 0.1) is 0 Å². The first kappa shape index (κ1) is 8.81. The SMILES string of the molecule is C/C=C(/F)C(N)=NC(C)=O. The Morgan fingerprint density at radius 2 is 2.20 bits per heavy atom. The molecule has 10 heavy (non-hydrogen) atoms. The topological polar surface area (TPSA) is 55.4 Å². The summed E-state index contributed by atoms with van der Waals surface area (Å²) in [6.07, 6.45) is 1.14. The van der Waals surface area contributed by atoms with E-state index < -0.39 is 11.7 Å². The molecule has 0 aliphatic carbocycles. The molecule has 0 radical (unpaired) electrons. The van der Waals surface area contributed by atoms with Gasteiger partial charge in [-0.1, -0.05) is 0 Å². The molecule has 1 amide bonds. The molecule has 0 fully saturated rings. The highest BCUT2D eigenvalue weighted by Gasteiger charge is 1.98. The Morgan fingerprint density at radius 1 is 1.70 bits per heavy atom. The standard InChI is InChI=1S/C6H9FN2O/c1-3-5(7)6(8)9-4(2)10/h3H,1-2H3,(H2,8,9,10)/b5-3+. The van der Waals surface area contributed by atoms with E-state index in [9.17, 15) is 9.18 Å². The van der Waals surface area contributed by atoms with Gasteiger partial charge in [0.25, 0.3) is 0 Å². The summed E-state index contributed by atoms with van der Waals surface area (Å²) < 4.78 is 12.3. The third-order valence-corrected chi connectivity index (χ3v) is 0.776. The lowest BCUT2D eigenvalue weighted by Gasteiger charge is -1.91. The van der Waals surface area contributed by atoms with Gasteiger partial charge in [-0.3, -0.25) is 4.79 Å². The summed E-state index contributed by atoms with van der Waals surface area (Å²) in [5.41, 5.74) is 5.01. The zero-order chi connectivity index (χ0) is 8.15. The van der Waals surface area contributed by atoms with Crippen molar-refractivity contribution >= 4 is 11.7 Å². The summed E-state index contributed by atoms with van der Waals surface area (Å²) in [6.45, 7) is 2.67. The highest BCUT2D eigenvalue weighted by Crippen LogP contribution is 1.94. The summed E-state index contributed by atoms with van der Waals surface area (Å²) in [5, 5.41) is 0. The van der Waals surface area contributed by atoms with E-state index in [1.807, 2.05) is 0 Å². The molecule has 0 aromatic heterocycles. The zero-order valence-electron chi connectivity index (χ0n) is 5.89.